The van der Waals surface area contributed by atoms with E-state index in [1.54, 1.807) is 12.1 Å². The first-order valence-corrected chi connectivity index (χ1v) is 10.3. The topological polar surface area (TPSA) is 59.8 Å². The fourth-order valence-electron chi connectivity index (χ4n) is 4.31. The number of benzene rings is 4. The van der Waals surface area contributed by atoms with Crippen LogP contribution in [-0.2, 0) is 4.74 Å². The molecule has 0 fully saturated rings. The van der Waals surface area contributed by atoms with E-state index in [2.05, 4.69) is 6.07 Å². The van der Waals surface area contributed by atoms with Crippen LogP contribution in [0.15, 0.2) is 82.0 Å². The maximum Gasteiger partial charge on any atom is 0.338 e. The van der Waals surface area contributed by atoms with Crippen molar-refractivity contribution < 1.29 is 13.9 Å². The molecule has 5 rings (SSSR count). The number of nitrogens with zero attached hydrogens (tertiary/aromatic N) is 1. The molecule has 3 aromatic carbocycles. The van der Waals surface area contributed by atoms with Crippen LogP contribution in [0, 0.1) is 0 Å². The van der Waals surface area contributed by atoms with Crippen molar-refractivity contribution in [3.63, 3.8) is 0 Å². The number of rotatable bonds is 3. The van der Waals surface area contributed by atoms with Crippen LogP contribution < -0.4 is 10.3 Å². The number of carbonyl (C=O) groups excluding carboxylic acids is 1. The SMILES string of the molecule is COC(=O)c1ccccc1-c1c2ccc(=O)cc-2oc2c1c(N(C)C)cc1ccccc12. The lowest BCUT2D eigenvalue weighted by Gasteiger charge is -2.23. The third-order valence-corrected chi connectivity index (χ3v) is 5.75. The quantitative estimate of drug-likeness (QED) is 0.216. The van der Waals surface area contributed by atoms with Crippen molar-refractivity contribution in [3.05, 3.63) is 88.6 Å². The van der Waals surface area contributed by atoms with Crippen LogP contribution in [0.25, 0.3) is 44.2 Å². The third-order valence-electron chi connectivity index (χ3n) is 5.75. The lowest BCUT2D eigenvalue weighted by atomic mass is 9.89. The number of carbonyl (C=O) groups is 1. The molecule has 0 bridgehead atoms. The number of anilines is 1. The van der Waals surface area contributed by atoms with Gasteiger partial charge in [-0.05, 0) is 35.2 Å². The van der Waals surface area contributed by atoms with Gasteiger partial charge in [0.25, 0.3) is 0 Å². The van der Waals surface area contributed by atoms with Gasteiger partial charge in [-0.15, -0.1) is 0 Å². The molecule has 0 radical (unpaired) electrons. The van der Waals surface area contributed by atoms with E-state index < -0.39 is 5.97 Å². The number of hydrogen-bond acceptors (Lipinski definition) is 5. The first-order chi connectivity index (χ1) is 15.5. The smallest absolute Gasteiger partial charge is 0.338 e. The van der Waals surface area contributed by atoms with Crippen molar-refractivity contribution in [2.45, 2.75) is 0 Å². The molecule has 2 aliphatic rings. The van der Waals surface area contributed by atoms with E-state index in [1.807, 2.05) is 61.5 Å². The van der Waals surface area contributed by atoms with E-state index >= 15 is 0 Å². The van der Waals surface area contributed by atoms with Crippen molar-refractivity contribution in [3.8, 4) is 22.5 Å². The zero-order valence-corrected chi connectivity index (χ0v) is 18.0. The molecule has 0 spiro atoms. The highest BCUT2D eigenvalue weighted by Crippen LogP contribution is 2.46. The molecule has 1 aliphatic carbocycles. The molecule has 0 N–H and O–H groups in total. The highest BCUT2D eigenvalue weighted by atomic mass is 16.5. The van der Waals surface area contributed by atoms with Crippen molar-refractivity contribution in [1.29, 1.82) is 0 Å². The van der Waals surface area contributed by atoms with Crippen molar-refractivity contribution >= 4 is 33.4 Å². The Bertz CT molecular complexity index is 1530. The van der Waals surface area contributed by atoms with Crippen LogP contribution in [0.5, 0.6) is 0 Å². The van der Waals surface area contributed by atoms with Gasteiger partial charge in [-0.1, -0.05) is 42.5 Å². The van der Waals surface area contributed by atoms with Crippen LogP contribution in [0.3, 0.4) is 0 Å². The molecular weight excluding hydrogens is 402 g/mol. The summed E-state index contributed by atoms with van der Waals surface area (Å²) >= 11 is 0. The van der Waals surface area contributed by atoms with Crippen LogP contribution in [0.1, 0.15) is 10.4 Å². The number of ether oxygens (including phenoxy) is 1. The minimum Gasteiger partial charge on any atom is -0.465 e. The molecule has 1 heterocycles. The van der Waals surface area contributed by atoms with E-state index in [1.165, 1.54) is 19.2 Å². The summed E-state index contributed by atoms with van der Waals surface area (Å²) in [7, 11) is 5.33. The van der Waals surface area contributed by atoms with E-state index in [-0.39, 0.29) is 5.43 Å². The van der Waals surface area contributed by atoms with E-state index in [0.29, 0.717) is 16.9 Å². The summed E-state index contributed by atoms with van der Waals surface area (Å²) in [4.78, 5) is 26.9. The first-order valence-electron chi connectivity index (χ1n) is 10.3. The minimum atomic E-state index is -0.421. The number of hydrogen-bond donors (Lipinski definition) is 0. The number of methoxy groups -OCH3 is 1. The minimum absolute atomic E-state index is 0.138. The number of fused-ring (bicyclic) bond motifs is 4. The lowest BCUT2D eigenvalue weighted by Crippen LogP contribution is -2.11. The third kappa shape index (κ3) is 3.02. The second kappa shape index (κ2) is 7.54. The Morgan fingerprint density at radius 3 is 2.44 bits per heavy atom. The normalized spacial score (nSPS) is 11.2. The molecule has 0 unspecified atom stereocenters. The van der Waals surface area contributed by atoms with Gasteiger partial charge in [0.2, 0.25) is 0 Å². The van der Waals surface area contributed by atoms with E-state index in [4.69, 9.17) is 9.15 Å². The van der Waals surface area contributed by atoms with Crippen LogP contribution in [-0.4, -0.2) is 27.2 Å². The average molecular weight is 423 g/mol. The largest absolute Gasteiger partial charge is 0.465 e. The standard InChI is InChI=1S/C27H21NO4/c1-28(2)22-14-16-8-4-5-9-18(16)26-25(22)24(21-13-12-17(29)15-23(21)32-26)19-10-6-7-11-20(19)27(30)31-3/h4-15H,1-3H3. The summed E-state index contributed by atoms with van der Waals surface area (Å²) < 4.78 is 11.4. The van der Waals surface area contributed by atoms with Gasteiger partial charge in [-0.25, -0.2) is 4.79 Å². The molecule has 32 heavy (non-hydrogen) atoms. The summed E-state index contributed by atoms with van der Waals surface area (Å²) in [6.45, 7) is 0. The summed E-state index contributed by atoms with van der Waals surface area (Å²) in [5, 5.41) is 2.83. The molecule has 158 valence electrons. The Morgan fingerprint density at radius 2 is 1.66 bits per heavy atom. The molecule has 5 nitrogen and oxygen atoms in total. The summed E-state index contributed by atoms with van der Waals surface area (Å²) in [6, 6.07) is 22.2. The van der Waals surface area contributed by atoms with Gasteiger partial charge in [-0.3, -0.25) is 4.79 Å². The van der Waals surface area contributed by atoms with Gasteiger partial charge in [0.15, 0.2) is 5.43 Å². The summed E-state index contributed by atoms with van der Waals surface area (Å²) in [6.07, 6.45) is 0. The number of esters is 1. The highest BCUT2D eigenvalue weighted by Gasteiger charge is 2.25. The van der Waals surface area contributed by atoms with E-state index in [9.17, 15) is 9.59 Å². The first kappa shape index (κ1) is 19.8. The Kier molecular flexibility index (Phi) is 4.67. The average Bonchev–Trinajstić information content (AvgIpc) is 2.81. The molecule has 5 heteroatoms. The van der Waals surface area contributed by atoms with Gasteiger partial charge in [0, 0.05) is 47.7 Å². The van der Waals surface area contributed by atoms with Crippen LogP contribution >= 0.6 is 0 Å². The Balaban J connectivity index is 2.08. The van der Waals surface area contributed by atoms with Gasteiger partial charge >= 0.3 is 5.97 Å². The van der Waals surface area contributed by atoms with Crippen molar-refractivity contribution in [2.24, 2.45) is 0 Å². The molecule has 0 saturated carbocycles. The molecule has 0 atom stereocenters. The Hall–Kier alpha value is -4.12. The maximum atomic E-state index is 12.7. The summed E-state index contributed by atoms with van der Waals surface area (Å²) in [5.74, 6) is 0.0519. The monoisotopic (exact) mass is 423 g/mol. The van der Waals surface area contributed by atoms with Crippen LogP contribution in [0.2, 0.25) is 0 Å². The van der Waals surface area contributed by atoms with Gasteiger partial charge in [0.05, 0.1) is 12.7 Å². The molecule has 3 aromatic rings. The van der Waals surface area contributed by atoms with Gasteiger partial charge < -0.3 is 14.1 Å². The van der Waals surface area contributed by atoms with Crippen LogP contribution in [0.4, 0.5) is 5.69 Å². The Morgan fingerprint density at radius 1 is 0.906 bits per heavy atom. The molecular formula is C27H21NO4. The van der Waals surface area contributed by atoms with Gasteiger partial charge in [-0.2, -0.15) is 0 Å². The molecule has 0 amide bonds. The molecule has 1 aliphatic heterocycles. The maximum absolute atomic E-state index is 12.7. The predicted molar refractivity (Wildman–Crippen MR) is 128 cm³/mol. The van der Waals surface area contributed by atoms with Crippen molar-refractivity contribution in [2.75, 3.05) is 26.1 Å². The second-order valence-electron chi connectivity index (χ2n) is 7.89. The zero-order chi connectivity index (χ0) is 22.4. The second-order valence-corrected chi connectivity index (χ2v) is 7.89. The predicted octanol–water partition coefficient (Wildman–Crippen LogP) is 5.57. The highest BCUT2D eigenvalue weighted by molar-refractivity contribution is 6.19. The summed E-state index contributed by atoms with van der Waals surface area (Å²) in [5.41, 5.74) is 4.24. The zero-order valence-electron chi connectivity index (χ0n) is 18.0. The van der Waals surface area contributed by atoms with E-state index in [0.717, 1.165) is 38.5 Å². The molecule has 0 aromatic heterocycles. The lowest BCUT2D eigenvalue weighted by molar-refractivity contribution is 0.0601. The molecule has 0 saturated heterocycles. The fourth-order valence-corrected chi connectivity index (χ4v) is 4.31. The van der Waals surface area contributed by atoms with Gasteiger partial charge in [0.1, 0.15) is 11.3 Å². The fraction of sp³-hybridized carbons (Fsp3) is 0.111. The Labute approximate surface area is 184 Å². The van der Waals surface area contributed by atoms with Crippen molar-refractivity contribution in [1.82, 2.24) is 0 Å².